The monoisotopic (exact) mass is 295 g/mol. The highest BCUT2D eigenvalue weighted by atomic mass is 35.5. The topological polar surface area (TPSA) is 55.4 Å². The van der Waals surface area contributed by atoms with Gasteiger partial charge in [-0.3, -0.25) is 0 Å². The summed E-state index contributed by atoms with van der Waals surface area (Å²) in [6, 6.07) is 4.67. The molecule has 102 valence electrons. The lowest BCUT2D eigenvalue weighted by Crippen LogP contribution is -2.25. The first-order valence-electron chi connectivity index (χ1n) is 5.45. The molecule has 1 aromatic carbocycles. The van der Waals surface area contributed by atoms with Crippen LogP contribution < -0.4 is 4.72 Å². The Kier molecular flexibility index (Phi) is 6.56. The molecule has 0 aliphatic rings. The number of benzene rings is 1. The molecule has 0 saturated heterocycles. The summed E-state index contributed by atoms with van der Waals surface area (Å²) < 4.78 is 43.6. The quantitative estimate of drug-likeness (QED) is 0.587. The van der Waals surface area contributed by atoms with Crippen molar-refractivity contribution in [3.05, 3.63) is 30.1 Å². The van der Waals surface area contributed by atoms with Gasteiger partial charge in [-0.2, -0.15) is 0 Å². The van der Waals surface area contributed by atoms with E-state index in [4.69, 9.17) is 16.3 Å². The van der Waals surface area contributed by atoms with Gasteiger partial charge in [0.05, 0.1) is 11.5 Å². The van der Waals surface area contributed by atoms with Gasteiger partial charge in [-0.1, -0.05) is 0 Å². The van der Waals surface area contributed by atoms with E-state index in [1.807, 2.05) is 0 Å². The Morgan fingerprint density at radius 3 is 2.50 bits per heavy atom. The fourth-order valence-electron chi connectivity index (χ4n) is 1.23. The largest absolute Gasteiger partial charge is 0.380 e. The normalized spacial score (nSPS) is 11.7. The number of rotatable bonds is 8. The first-order valence-corrected chi connectivity index (χ1v) is 7.47. The van der Waals surface area contributed by atoms with Gasteiger partial charge in [0, 0.05) is 19.0 Å². The van der Waals surface area contributed by atoms with Gasteiger partial charge in [-0.25, -0.2) is 17.5 Å². The highest BCUT2D eigenvalue weighted by molar-refractivity contribution is 7.89. The Morgan fingerprint density at radius 2 is 1.89 bits per heavy atom. The molecule has 0 saturated carbocycles. The molecule has 0 unspecified atom stereocenters. The van der Waals surface area contributed by atoms with E-state index >= 15 is 0 Å². The molecule has 0 aliphatic heterocycles. The smallest absolute Gasteiger partial charge is 0.240 e. The molecule has 0 aromatic heterocycles. The SMILES string of the molecule is O=S(=O)(NCCCOCCCl)c1ccc(F)cc1. The number of halogens is 2. The van der Waals surface area contributed by atoms with Crippen LogP contribution in [0.5, 0.6) is 0 Å². The van der Waals surface area contributed by atoms with E-state index in [1.54, 1.807) is 0 Å². The molecule has 0 amide bonds. The molecular formula is C11H15ClFNO3S. The summed E-state index contributed by atoms with van der Waals surface area (Å²) in [6.07, 6.45) is 0.553. The van der Waals surface area contributed by atoms with Crippen LogP contribution in [0.4, 0.5) is 4.39 Å². The van der Waals surface area contributed by atoms with Gasteiger partial charge in [0.1, 0.15) is 5.82 Å². The summed E-state index contributed by atoms with van der Waals surface area (Å²) in [7, 11) is -3.57. The molecule has 0 atom stereocenters. The fourth-order valence-corrected chi connectivity index (χ4v) is 2.42. The van der Waals surface area contributed by atoms with Crippen molar-refractivity contribution in [2.45, 2.75) is 11.3 Å². The van der Waals surface area contributed by atoms with Crippen LogP contribution in [-0.2, 0) is 14.8 Å². The van der Waals surface area contributed by atoms with Gasteiger partial charge in [0.25, 0.3) is 0 Å². The van der Waals surface area contributed by atoms with E-state index < -0.39 is 15.8 Å². The van der Waals surface area contributed by atoms with Gasteiger partial charge in [-0.15, -0.1) is 11.6 Å². The molecule has 0 radical (unpaired) electrons. The van der Waals surface area contributed by atoms with Crippen molar-refractivity contribution in [3.63, 3.8) is 0 Å². The highest BCUT2D eigenvalue weighted by Crippen LogP contribution is 2.09. The zero-order valence-corrected chi connectivity index (χ0v) is 11.3. The molecule has 0 bridgehead atoms. The third-order valence-corrected chi connectivity index (χ3v) is 3.73. The van der Waals surface area contributed by atoms with Crippen LogP contribution in [0, 0.1) is 5.82 Å². The van der Waals surface area contributed by atoms with Crippen LogP contribution in [0.1, 0.15) is 6.42 Å². The molecular weight excluding hydrogens is 281 g/mol. The molecule has 18 heavy (non-hydrogen) atoms. The molecule has 0 heterocycles. The minimum atomic E-state index is -3.57. The number of hydrogen-bond donors (Lipinski definition) is 1. The van der Waals surface area contributed by atoms with E-state index in [0.29, 0.717) is 25.5 Å². The Morgan fingerprint density at radius 1 is 1.22 bits per heavy atom. The van der Waals surface area contributed by atoms with Crippen LogP contribution in [0.2, 0.25) is 0 Å². The van der Waals surface area contributed by atoms with Gasteiger partial charge in [-0.05, 0) is 30.7 Å². The van der Waals surface area contributed by atoms with Crippen LogP contribution >= 0.6 is 11.6 Å². The van der Waals surface area contributed by atoms with Crippen molar-refractivity contribution >= 4 is 21.6 Å². The predicted octanol–water partition coefficient (Wildman–Crippen LogP) is 1.75. The number of ether oxygens (including phenoxy) is 1. The standard InChI is InChI=1S/C11H15ClFNO3S/c12-6-9-17-8-1-7-14-18(15,16)11-4-2-10(13)3-5-11/h2-5,14H,1,6-9H2. The second kappa shape index (κ2) is 7.68. The van der Waals surface area contributed by atoms with E-state index in [-0.39, 0.29) is 11.4 Å². The summed E-state index contributed by atoms with van der Waals surface area (Å²) in [5, 5.41) is 0. The van der Waals surface area contributed by atoms with Gasteiger partial charge >= 0.3 is 0 Å². The van der Waals surface area contributed by atoms with Gasteiger partial charge in [0.2, 0.25) is 10.0 Å². The summed E-state index contributed by atoms with van der Waals surface area (Å²) in [5.41, 5.74) is 0. The zero-order valence-electron chi connectivity index (χ0n) is 9.73. The summed E-state index contributed by atoms with van der Waals surface area (Å²) in [5.74, 6) is -0.0511. The highest BCUT2D eigenvalue weighted by Gasteiger charge is 2.12. The molecule has 4 nitrogen and oxygen atoms in total. The molecule has 1 rings (SSSR count). The maximum atomic E-state index is 12.7. The van der Waals surface area contributed by atoms with Crippen molar-refractivity contribution in [1.82, 2.24) is 4.72 Å². The van der Waals surface area contributed by atoms with Gasteiger partial charge < -0.3 is 4.74 Å². The van der Waals surface area contributed by atoms with Crippen LogP contribution in [0.3, 0.4) is 0 Å². The van der Waals surface area contributed by atoms with Crippen molar-refractivity contribution in [1.29, 1.82) is 0 Å². The molecule has 7 heteroatoms. The Labute approximate surface area is 111 Å². The summed E-state index contributed by atoms with van der Waals surface area (Å²) in [6.45, 7) is 1.16. The van der Waals surface area contributed by atoms with E-state index in [2.05, 4.69) is 4.72 Å². The minimum absolute atomic E-state index is 0.0468. The minimum Gasteiger partial charge on any atom is -0.380 e. The van der Waals surface area contributed by atoms with Crippen molar-refractivity contribution < 1.29 is 17.5 Å². The van der Waals surface area contributed by atoms with Crippen LogP contribution in [-0.4, -0.2) is 34.1 Å². The molecule has 1 aromatic rings. The Bertz CT molecular complexity index is 450. The number of hydrogen-bond acceptors (Lipinski definition) is 3. The van der Waals surface area contributed by atoms with Crippen molar-refractivity contribution in [2.24, 2.45) is 0 Å². The predicted molar refractivity (Wildman–Crippen MR) is 67.7 cm³/mol. The number of alkyl halides is 1. The molecule has 0 fully saturated rings. The number of nitrogens with one attached hydrogen (secondary N) is 1. The summed E-state index contributed by atoms with van der Waals surface area (Å²) >= 11 is 5.41. The average molecular weight is 296 g/mol. The van der Waals surface area contributed by atoms with E-state index in [0.717, 1.165) is 12.1 Å². The second-order valence-electron chi connectivity index (χ2n) is 3.51. The maximum absolute atomic E-state index is 12.7. The van der Waals surface area contributed by atoms with Crippen LogP contribution in [0.15, 0.2) is 29.2 Å². The lowest BCUT2D eigenvalue weighted by Gasteiger charge is -2.06. The molecule has 1 N–H and O–H groups in total. The third-order valence-electron chi connectivity index (χ3n) is 2.10. The first-order chi connectivity index (χ1) is 8.56. The lowest BCUT2D eigenvalue weighted by molar-refractivity contribution is 0.147. The second-order valence-corrected chi connectivity index (χ2v) is 5.65. The summed E-state index contributed by atoms with van der Waals surface area (Å²) in [4.78, 5) is 0.0468. The molecule has 0 spiro atoms. The Hall–Kier alpha value is -0.690. The average Bonchev–Trinajstić information content (AvgIpc) is 2.34. The van der Waals surface area contributed by atoms with E-state index in [1.165, 1.54) is 12.1 Å². The molecule has 0 aliphatic carbocycles. The van der Waals surface area contributed by atoms with Gasteiger partial charge in [0.15, 0.2) is 0 Å². The Balaban J connectivity index is 2.38. The van der Waals surface area contributed by atoms with Crippen LogP contribution in [0.25, 0.3) is 0 Å². The van der Waals surface area contributed by atoms with Crippen molar-refractivity contribution in [2.75, 3.05) is 25.6 Å². The first kappa shape index (κ1) is 15.4. The maximum Gasteiger partial charge on any atom is 0.240 e. The van der Waals surface area contributed by atoms with Crippen molar-refractivity contribution in [3.8, 4) is 0 Å². The van der Waals surface area contributed by atoms with E-state index in [9.17, 15) is 12.8 Å². The lowest BCUT2D eigenvalue weighted by atomic mass is 10.4. The third kappa shape index (κ3) is 5.30. The number of sulfonamides is 1. The zero-order chi connectivity index (χ0) is 13.4. The fraction of sp³-hybridized carbons (Fsp3) is 0.455.